The first-order valence-corrected chi connectivity index (χ1v) is 12.6. The van der Waals surface area contributed by atoms with Crippen LogP contribution in [0.25, 0.3) is 11.1 Å². The highest BCUT2D eigenvalue weighted by Gasteiger charge is 2.37. The maximum absolute atomic E-state index is 12.9. The van der Waals surface area contributed by atoms with Crippen LogP contribution in [0.15, 0.2) is 48.5 Å². The van der Waals surface area contributed by atoms with E-state index in [0.29, 0.717) is 25.7 Å². The minimum atomic E-state index is -0.483. The van der Waals surface area contributed by atoms with Crippen LogP contribution in [0.1, 0.15) is 50.7 Å². The summed E-state index contributed by atoms with van der Waals surface area (Å²) in [6, 6.07) is 17.4. The molecule has 5 rings (SSSR count). The molecule has 1 aliphatic heterocycles. The number of amides is 2. The zero-order valence-electron chi connectivity index (χ0n) is 20.8. The van der Waals surface area contributed by atoms with Crippen molar-refractivity contribution >= 4 is 12.2 Å². The molecule has 2 aromatic carbocycles. The van der Waals surface area contributed by atoms with Gasteiger partial charge in [-0.15, -0.1) is 0 Å². The summed E-state index contributed by atoms with van der Waals surface area (Å²) in [4.78, 5) is 29.0. The maximum atomic E-state index is 12.9. The number of fused-ring (bicyclic) bond motifs is 3. The quantitative estimate of drug-likeness (QED) is 0.696. The largest absolute Gasteiger partial charge is 0.448 e. The van der Waals surface area contributed by atoms with Gasteiger partial charge in [0, 0.05) is 44.2 Å². The van der Waals surface area contributed by atoms with E-state index in [9.17, 15) is 9.59 Å². The molecule has 1 heterocycles. The van der Waals surface area contributed by atoms with Gasteiger partial charge < -0.3 is 19.7 Å². The molecule has 3 aliphatic rings. The van der Waals surface area contributed by atoms with Gasteiger partial charge in [0.05, 0.1) is 0 Å². The average molecular weight is 478 g/mol. The second-order valence-corrected chi connectivity index (χ2v) is 10.8. The normalized spacial score (nSPS) is 22.1. The van der Waals surface area contributed by atoms with Crippen LogP contribution in [0.3, 0.4) is 0 Å². The lowest BCUT2D eigenvalue weighted by molar-refractivity contribution is 0.0236. The molecule has 1 saturated carbocycles. The van der Waals surface area contributed by atoms with E-state index in [1.807, 2.05) is 37.8 Å². The van der Waals surface area contributed by atoms with Crippen molar-refractivity contribution in [1.29, 1.82) is 0 Å². The number of benzene rings is 2. The van der Waals surface area contributed by atoms with Crippen LogP contribution in [0.2, 0.25) is 0 Å². The lowest BCUT2D eigenvalue weighted by atomic mass is 9.85. The van der Waals surface area contributed by atoms with E-state index in [1.165, 1.54) is 22.3 Å². The van der Waals surface area contributed by atoms with Crippen molar-refractivity contribution in [2.24, 2.45) is 0 Å². The van der Waals surface area contributed by atoms with E-state index in [0.717, 1.165) is 25.9 Å². The molecule has 2 amide bonds. The highest BCUT2D eigenvalue weighted by atomic mass is 16.6. The fourth-order valence-electron chi connectivity index (χ4n) is 5.43. The number of hydrogen-bond acceptors (Lipinski definition) is 5. The summed E-state index contributed by atoms with van der Waals surface area (Å²) >= 11 is 0. The molecule has 2 aliphatic carbocycles. The Morgan fingerprint density at radius 2 is 1.49 bits per heavy atom. The minimum Gasteiger partial charge on any atom is -0.448 e. The summed E-state index contributed by atoms with van der Waals surface area (Å²) in [5, 5.41) is 2.95. The molecular formula is C28H35N3O4. The van der Waals surface area contributed by atoms with E-state index in [4.69, 9.17) is 9.47 Å². The third-order valence-corrected chi connectivity index (χ3v) is 7.26. The van der Waals surface area contributed by atoms with Crippen molar-refractivity contribution < 1.29 is 19.1 Å². The lowest BCUT2D eigenvalue weighted by Crippen LogP contribution is -2.59. The van der Waals surface area contributed by atoms with Crippen molar-refractivity contribution in [2.45, 2.75) is 57.2 Å². The van der Waals surface area contributed by atoms with Gasteiger partial charge in [0.2, 0.25) is 0 Å². The van der Waals surface area contributed by atoms with Gasteiger partial charge in [0.1, 0.15) is 12.2 Å². The summed E-state index contributed by atoms with van der Waals surface area (Å²) in [5.41, 5.74) is 4.44. The number of piperazine rings is 1. The van der Waals surface area contributed by atoms with E-state index in [-0.39, 0.29) is 24.1 Å². The second kappa shape index (κ2) is 9.53. The molecule has 0 atom stereocenters. The Bertz CT molecular complexity index is 1040. The number of carbonyl (C=O) groups excluding carboxylic acids is 2. The van der Waals surface area contributed by atoms with Crippen molar-refractivity contribution in [3.05, 3.63) is 59.7 Å². The fraction of sp³-hybridized carbons (Fsp3) is 0.500. The number of nitrogens with zero attached hydrogens (tertiary/aromatic N) is 2. The third-order valence-electron chi connectivity index (χ3n) is 7.26. The molecule has 0 aromatic heterocycles. The molecule has 1 saturated heterocycles. The number of hydrogen-bond donors (Lipinski definition) is 1. The van der Waals surface area contributed by atoms with Crippen LogP contribution in [0, 0.1) is 0 Å². The molecule has 186 valence electrons. The lowest BCUT2D eigenvalue weighted by Gasteiger charge is -2.46. The zero-order chi connectivity index (χ0) is 24.6. The highest BCUT2D eigenvalue weighted by Crippen LogP contribution is 2.44. The van der Waals surface area contributed by atoms with E-state index in [1.54, 1.807) is 0 Å². The molecule has 0 spiro atoms. The summed E-state index contributed by atoms with van der Waals surface area (Å²) in [6.45, 7) is 8.94. The fourth-order valence-corrected chi connectivity index (χ4v) is 5.43. The molecule has 0 bridgehead atoms. The summed E-state index contributed by atoms with van der Waals surface area (Å²) in [5.74, 6) is 0.0806. The summed E-state index contributed by atoms with van der Waals surface area (Å²) < 4.78 is 11.2. The molecule has 2 aromatic rings. The van der Waals surface area contributed by atoms with Gasteiger partial charge in [0.25, 0.3) is 0 Å². The maximum Gasteiger partial charge on any atom is 0.409 e. The molecule has 7 heteroatoms. The van der Waals surface area contributed by atoms with Crippen LogP contribution >= 0.6 is 0 Å². The summed E-state index contributed by atoms with van der Waals surface area (Å²) in [7, 11) is 0. The van der Waals surface area contributed by atoms with E-state index in [2.05, 4.69) is 46.6 Å². The van der Waals surface area contributed by atoms with Gasteiger partial charge in [-0.25, -0.2) is 9.59 Å². The molecule has 35 heavy (non-hydrogen) atoms. The first kappa shape index (κ1) is 23.7. The second-order valence-electron chi connectivity index (χ2n) is 10.8. The standard InChI is InChI=1S/C28H35N3O4/c1-28(2,3)35-26(32)29-19-16-20(17-19)30-12-14-31(15-13-30)27(33)34-18-25-23-10-6-4-8-21(23)22-9-5-7-11-24(22)25/h4-11,19-20,25H,12-18H2,1-3H3,(H,29,32). The van der Waals surface area contributed by atoms with Crippen molar-refractivity contribution in [2.75, 3.05) is 32.8 Å². The van der Waals surface area contributed by atoms with Gasteiger partial charge in [-0.3, -0.25) is 4.90 Å². The summed E-state index contributed by atoms with van der Waals surface area (Å²) in [6.07, 6.45) is 1.26. The first-order valence-electron chi connectivity index (χ1n) is 12.6. The number of nitrogens with one attached hydrogen (secondary N) is 1. The molecule has 7 nitrogen and oxygen atoms in total. The van der Waals surface area contributed by atoms with E-state index < -0.39 is 5.60 Å². The van der Waals surface area contributed by atoms with E-state index >= 15 is 0 Å². The van der Waals surface area contributed by atoms with Gasteiger partial charge in [0.15, 0.2) is 0 Å². The molecular weight excluding hydrogens is 442 g/mol. The number of alkyl carbamates (subject to hydrolysis) is 1. The monoisotopic (exact) mass is 477 g/mol. The Labute approximate surface area is 207 Å². The van der Waals surface area contributed by atoms with Crippen molar-refractivity contribution in [3.63, 3.8) is 0 Å². The zero-order valence-corrected chi connectivity index (χ0v) is 20.8. The van der Waals surface area contributed by atoms with Gasteiger partial charge in [-0.05, 0) is 55.9 Å². The Kier molecular flexibility index (Phi) is 6.45. The third kappa shape index (κ3) is 5.15. The Morgan fingerprint density at radius 1 is 0.914 bits per heavy atom. The van der Waals surface area contributed by atoms with Crippen molar-refractivity contribution in [1.82, 2.24) is 15.1 Å². The van der Waals surface area contributed by atoms with Crippen LogP contribution < -0.4 is 5.32 Å². The predicted octanol–water partition coefficient (Wildman–Crippen LogP) is 4.61. The first-order chi connectivity index (χ1) is 16.8. The molecule has 1 N–H and O–H groups in total. The number of rotatable bonds is 4. The van der Waals surface area contributed by atoms with Gasteiger partial charge in [-0.2, -0.15) is 0 Å². The number of carbonyl (C=O) groups is 2. The Balaban J connectivity index is 1.07. The molecule has 0 unspecified atom stereocenters. The number of ether oxygens (including phenoxy) is 2. The SMILES string of the molecule is CC(C)(C)OC(=O)NC1CC(N2CCN(C(=O)OCC3c4ccccc4-c4ccccc43)CC2)C1. The Hall–Kier alpha value is -3.06. The average Bonchev–Trinajstić information content (AvgIpc) is 3.12. The van der Waals surface area contributed by atoms with Gasteiger partial charge >= 0.3 is 12.2 Å². The van der Waals surface area contributed by atoms with Crippen LogP contribution in [-0.4, -0.2) is 72.5 Å². The molecule has 0 radical (unpaired) electrons. The van der Waals surface area contributed by atoms with Crippen LogP contribution in [-0.2, 0) is 9.47 Å². The van der Waals surface area contributed by atoms with Crippen LogP contribution in [0.4, 0.5) is 9.59 Å². The van der Waals surface area contributed by atoms with Gasteiger partial charge in [-0.1, -0.05) is 48.5 Å². The van der Waals surface area contributed by atoms with Crippen LogP contribution in [0.5, 0.6) is 0 Å². The van der Waals surface area contributed by atoms with Crippen molar-refractivity contribution in [3.8, 4) is 11.1 Å². The minimum absolute atomic E-state index is 0.0806. The molecule has 2 fully saturated rings. The smallest absolute Gasteiger partial charge is 0.409 e. The Morgan fingerprint density at radius 3 is 2.06 bits per heavy atom. The highest BCUT2D eigenvalue weighted by molar-refractivity contribution is 5.79. The predicted molar refractivity (Wildman–Crippen MR) is 134 cm³/mol. The topological polar surface area (TPSA) is 71.1 Å².